The number of rotatable bonds is 9. The molecule has 1 saturated heterocycles. The van der Waals surface area contributed by atoms with Crippen LogP contribution in [-0.2, 0) is 29.3 Å². The van der Waals surface area contributed by atoms with Crippen molar-refractivity contribution in [2.45, 2.75) is 43.5 Å². The van der Waals surface area contributed by atoms with Crippen molar-refractivity contribution >= 4 is 5.97 Å². The van der Waals surface area contributed by atoms with E-state index in [0.29, 0.717) is 0 Å². The molecule has 188 valence electrons. The first-order chi connectivity index (χ1) is 17.4. The molecular formula is C30H32O6. The van der Waals surface area contributed by atoms with Crippen LogP contribution in [0.25, 0.3) is 0 Å². The highest BCUT2D eigenvalue weighted by Crippen LogP contribution is 2.41. The smallest absolute Gasteiger partial charge is 0.330 e. The van der Waals surface area contributed by atoms with E-state index in [1.807, 2.05) is 91.0 Å². The fourth-order valence-corrected chi connectivity index (χ4v) is 4.58. The number of hydrogen-bond donors (Lipinski definition) is 1. The van der Waals surface area contributed by atoms with Crippen molar-refractivity contribution in [1.82, 2.24) is 0 Å². The molecule has 1 heterocycles. The Morgan fingerprint density at radius 2 is 1.39 bits per heavy atom. The van der Waals surface area contributed by atoms with E-state index in [0.717, 1.165) is 16.7 Å². The number of aliphatic hydroxyl groups is 1. The number of carbonyl (C=O) groups is 1. The molecule has 6 nitrogen and oxygen atoms in total. The summed E-state index contributed by atoms with van der Waals surface area (Å²) in [7, 11) is 1.30. The lowest BCUT2D eigenvalue weighted by Crippen LogP contribution is -2.42. The third kappa shape index (κ3) is 5.58. The molecule has 0 radical (unpaired) electrons. The first-order valence-corrected chi connectivity index (χ1v) is 12.0. The summed E-state index contributed by atoms with van der Waals surface area (Å²) < 4.78 is 23.4. The van der Waals surface area contributed by atoms with Crippen molar-refractivity contribution in [2.24, 2.45) is 0 Å². The van der Waals surface area contributed by atoms with Crippen LogP contribution in [0.2, 0.25) is 0 Å². The van der Waals surface area contributed by atoms with Crippen LogP contribution in [0.4, 0.5) is 0 Å². The van der Waals surface area contributed by atoms with E-state index < -0.39 is 35.7 Å². The summed E-state index contributed by atoms with van der Waals surface area (Å²) in [6, 6.07) is 29.8. The summed E-state index contributed by atoms with van der Waals surface area (Å²) in [5, 5.41) is 11.3. The Balaban J connectivity index is 1.69. The van der Waals surface area contributed by atoms with Crippen LogP contribution in [0.5, 0.6) is 0 Å². The Hall–Kier alpha value is -3.29. The minimum Gasteiger partial charge on any atom is -0.466 e. The Kier molecular flexibility index (Phi) is 8.01. The molecule has 3 atom stereocenters. The SMILES string of the molecule is COC(=O)/C=C/[C@H]1OC(C)(C)O[C@H]1[C@H](O)COC(c1ccccc1)(c1ccccc1)c1ccccc1. The summed E-state index contributed by atoms with van der Waals surface area (Å²) in [5.74, 6) is -1.45. The molecule has 0 aromatic heterocycles. The monoisotopic (exact) mass is 488 g/mol. The molecule has 4 rings (SSSR count). The zero-order valence-corrected chi connectivity index (χ0v) is 20.7. The number of aliphatic hydroxyl groups excluding tert-OH is 1. The maximum atomic E-state index is 11.6. The summed E-state index contributed by atoms with van der Waals surface area (Å²) in [6.07, 6.45) is 0.374. The summed E-state index contributed by atoms with van der Waals surface area (Å²) in [6.45, 7) is 3.48. The van der Waals surface area contributed by atoms with Crippen molar-refractivity contribution in [3.05, 3.63) is 120 Å². The molecule has 1 aliphatic rings. The molecule has 0 unspecified atom stereocenters. The van der Waals surface area contributed by atoms with Gasteiger partial charge in [0.05, 0.1) is 13.7 Å². The van der Waals surface area contributed by atoms with E-state index in [4.69, 9.17) is 14.2 Å². The quantitative estimate of drug-likeness (QED) is 0.270. The minimum atomic E-state index is -1.05. The summed E-state index contributed by atoms with van der Waals surface area (Å²) in [5.41, 5.74) is 1.82. The Bertz CT molecular complexity index is 1050. The van der Waals surface area contributed by atoms with Crippen molar-refractivity contribution < 1.29 is 28.8 Å². The van der Waals surface area contributed by atoms with Gasteiger partial charge >= 0.3 is 5.97 Å². The highest BCUT2D eigenvalue weighted by Gasteiger charge is 2.45. The molecular weight excluding hydrogens is 456 g/mol. The van der Waals surface area contributed by atoms with E-state index in [2.05, 4.69) is 4.74 Å². The zero-order chi connectivity index (χ0) is 25.6. The maximum Gasteiger partial charge on any atom is 0.330 e. The first kappa shape index (κ1) is 25.8. The van der Waals surface area contributed by atoms with E-state index in [-0.39, 0.29) is 6.61 Å². The van der Waals surface area contributed by atoms with Gasteiger partial charge in [-0.2, -0.15) is 0 Å². The topological polar surface area (TPSA) is 74.2 Å². The second-order valence-corrected chi connectivity index (χ2v) is 9.10. The van der Waals surface area contributed by atoms with Crippen LogP contribution < -0.4 is 0 Å². The highest BCUT2D eigenvalue weighted by molar-refractivity contribution is 5.81. The largest absolute Gasteiger partial charge is 0.466 e. The fourth-order valence-electron chi connectivity index (χ4n) is 4.58. The third-order valence-corrected chi connectivity index (χ3v) is 6.18. The zero-order valence-electron chi connectivity index (χ0n) is 20.7. The lowest BCUT2D eigenvalue weighted by Gasteiger charge is -2.37. The van der Waals surface area contributed by atoms with Gasteiger partial charge in [0.1, 0.15) is 23.9 Å². The standard InChI is InChI=1S/C30H32O6/c1-29(2)35-26(19-20-27(32)33-3)28(36-29)25(31)21-34-30(22-13-7-4-8-14-22,23-15-9-5-10-16-23)24-17-11-6-12-18-24/h4-20,25-26,28,31H,21H2,1-3H3/b20-19+/t25-,26-,28+/m1/s1. The van der Waals surface area contributed by atoms with Crippen LogP contribution in [0, 0.1) is 0 Å². The number of esters is 1. The lowest BCUT2D eigenvalue weighted by atomic mass is 9.80. The Morgan fingerprint density at radius 1 is 0.917 bits per heavy atom. The van der Waals surface area contributed by atoms with Crippen LogP contribution in [0.15, 0.2) is 103 Å². The number of benzene rings is 3. The van der Waals surface area contributed by atoms with Gasteiger partial charge in [-0.3, -0.25) is 0 Å². The van der Waals surface area contributed by atoms with Gasteiger partial charge in [-0.05, 0) is 36.6 Å². The van der Waals surface area contributed by atoms with Gasteiger partial charge in [0.15, 0.2) is 5.79 Å². The number of hydrogen-bond acceptors (Lipinski definition) is 6. The maximum absolute atomic E-state index is 11.6. The average Bonchev–Trinajstić information content (AvgIpc) is 3.23. The number of methoxy groups -OCH3 is 1. The van der Waals surface area contributed by atoms with E-state index >= 15 is 0 Å². The molecule has 3 aromatic carbocycles. The minimum absolute atomic E-state index is 0.0502. The molecule has 36 heavy (non-hydrogen) atoms. The second kappa shape index (κ2) is 11.2. The van der Waals surface area contributed by atoms with E-state index in [1.165, 1.54) is 13.2 Å². The average molecular weight is 489 g/mol. The first-order valence-electron chi connectivity index (χ1n) is 12.0. The molecule has 0 amide bonds. The van der Waals surface area contributed by atoms with Crippen LogP contribution in [0.3, 0.4) is 0 Å². The predicted molar refractivity (Wildman–Crippen MR) is 136 cm³/mol. The Labute approximate surface area is 212 Å². The van der Waals surface area contributed by atoms with Gasteiger partial charge in [-0.15, -0.1) is 0 Å². The van der Waals surface area contributed by atoms with Gasteiger partial charge < -0.3 is 24.1 Å². The van der Waals surface area contributed by atoms with Crippen LogP contribution in [-0.4, -0.2) is 48.9 Å². The molecule has 1 fully saturated rings. The van der Waals surface area contributed by atoms with Gasteiger partial charge in [0.2, 0.25) is 0 Å². The van der Waals surface area contributed by atoms with Gasteiger partial charge in [-0.25, -0.2) is 4.79 Å². The molecule has 3 aromatic rings. The normalized spacial score (nSPS) is 20.3. The number of ether oxygens (including phenoxy) is 4. The van der Waals surface area contributed by atoms with Crippen molar-refractivity contribution in [3.63, 3.8) is 0 Å². The molecule has 1 N–H and O–H groups in total. The Morgan fingerprint density at radius 3 is 1.83 bits per heavy atom. The highest BCUT2D eigenvalue weighted by atomic mass is 16.8. The summed E-state index contributed by atoms with van der Waals surface area (Å²) >= 11 is 0. The number of carbonyl (C=O) groups excluding carboxylic acids is 1. The fraction of sp³-hybridized carbons (Fsp3) is 0.300. The summed E-state index contributed by atoms with van der Waals surface area (Å²) in [4.78, 5) is 11.6. The predicted octanol–water partition coefficient (Wildman–Crippen LogP) is 4.61. The molecule has 0 aliphatic carbocycles. The third-order valence-electron chi connectivity index (χ3n) is 6.18. The second-order valence-electron chi connectivity index (χ2n) is 9.10. The molecule has 1 aliphatic heterocycles. The van der Waals surface area contributed by atoms with Crippen molar-refractivity contribution in [1.29, 1.82) is 0 Å². The van der Waals surface area contributed by atoms with Gasteiger partial charge in [-0.1, -0.05) is 91.0 Å². The van der Waals surface area contributed by atoms with Crippen molar-refractivity contribution in [3.8, 4) is 0 Å². The van der Waals surface area contributed by atoms with Crippen LogP contribution >= 0.6 is 0 Å². The van der Waals surface area contributed by atoms with E-state index in [9.17, 15) is 9.90 Å². The molecule has 0 spiro atoms. The molecule has 0 bridgehead atoms. The molecule has 0 saturated carbocycles. The van der Waals surface area contributed by atoms with Crippen molar-refractivity contribution in [2.75, 3.05) is 13.7 Å². The molecule has 6 heteroatoms. The lowest BCUT2D eigenvalue weighted by molar-refractivity contribution is -0.161. The van der Waals surface area contributed by atoms with E-state index in [1.54, 1.807) is 19.9 Å². The van der Waals surface area contributed by atoms with Crippen LogP contribution in [0.1, 0.15) is 30.5 Å². The van der Waals surface area contributed by atoms with Gasteiger partial charge in [0, 0.05) is 6.08 Å². The van der Waals surface area contributed by atoms with Gasteiger partial charge in [0.25, 0.3) is 0 Å².